The third kappa shape index (κ3) is 9.93. The largest absolute Gasteiger partial charge is 0.390 e. The zero-order chi connectivity index (χ0) is 34.3. The fourth-order valence-corrected chi connectivity index (χ4v) is 11.3. The number of aliphatic hydroxyl groups is 1. The van der Waals surface area contributed by atoms with E-state index in [0.717, 1.165) is 69.5 Å². The lowest BCUT2D eigenvalue weighted by atomic mass is 9.60. The zero-order valence-electron chi connectivity index (χ0n) is 30.4. The van der Waals surface area contributed by atoms with Gasteiger partial charge in [-0.1, -0.05) is 63.0 Å². The van der Waals surface area contributed by atoms with Crippen molar-refractivity contribution in [2.45, 2.75) is 159 Å². The van der Waals surface area contributed by atoms with Gasteiger partial charge < -0.3 is 25.8 Å². The number of fused-ring (bicyclic) bond motifs is 2. The molecule has 0 unspecified atom stereocenters. The molecule has 270 valence electrons. The number of carbonyl (C=O) groups is 2. The highest BCUT2D eigenvalue weighted by molar-refractivity contribution is 8.00. The van der Waals surface area contributed by atoms with Crippen LogP contribution in [0.25, 0.3) is 0 Å². The Morgan fingerprint density at radius 3 is 2.81 bits per heavy atom. The average molecular weight is 684 g/mol. The molecule has 3 saturated carbocycles. The molecule has 3 aliphatic carbocycles. The number of hydrogen-bond acceptors (Lipinski definition) is 5. The first-order valence-electron chi connectivity index (χ1n) is 19.3. The summed E-state index contributed by atoms with van der Waals surface area (Å²) in [5.74, 6) is 3.28. The molecular formula is C40H65N3O4S. The van der Waals surface area contributed by atoms with Crippen LogP contribution in [-0.2, 0) is 9.53 Å². The van der Waals surface area contributed by atoms with E-state index in [9.17, 15) is 14.7 Å². The van der Waals surface area contributed by atoms with E-state index in [4.69, 9.17) is 4.74 Å². The maximum atomic E-state index is 12.4. The molecule has 4 N–H and O–H groups in total. The van der Waals surface area contributed by atoms with Crippen molar-refractivity contribution in [3.05, 3.63) is 35.5 Å². The average Bonchev–Trinajstić information content (AvgIpc) is 3.70. The van der Waals surface area contributed by atoms with E-state index in [1.54, 1.807) is 5.57 Å². The molecule has 8 atom stereocenters. The molecule has 5 aliphatic rings. The van der Waals surface area contributed by atoms with Crippen molar-refractivity contribution < 1.29 is 19.4 Å². The van der Waals surface area contributed by atoms with Crippen LogP contribution in [0.5, 0.6) is 0 Å². The highest BCUT2D eigenvalue weighted by atomic mass is 32.2. The Bertz CT molecular complexity index is 1190. The second-order valence-electron chi connectivity index (χ2n) is 16.6. The molecule has 5 fully saturated rings. The molecule has 0 bridgehead atoms. The third-order valence-corrected chi connectivity index (χ3v) is 13.9. The summed E-state index contributed by atoms with van der Waals surface area (Å²) in [6, 6.07) is 0.468. The fraction of sp³-hybridized carbons (Fsp3) is 0.800. The standard InChI is InChI=1S/C40H65N3O4S/c1-27-15-18-31(47-24-10-23-41-36(44)14-7-6-13-35-37-34(26-48-35)42-38(45)43-37)25-30(27)17-16-29-12-9-22-40(5)32(19-20-33(29)40)28(2)11-8-21-39(3,4)46/h16-17,28,31-35,37,46H,1,6-15,18-26H2,2-5H3,(H,41,44)(H2,42,43,45)/b29-16?,30-17-/t28-,31+,32-,33+,34-,35+,37+,40-/m1/s1. The van der Waals surface area contributed by atoms with Gasteiger partial charge in [0.25, 0.3) is 0 Å². The van der Waals surface area contributed by atoms with Crippen molar-refractivity contribution in [3.8, 4) is 0 Å². The number of allylic oxidation sites excluding steroid dienone is 4. The lowest BCUT2D eigenvalue weighted by Gasteiger charge is -2.44. The molecule has 2 saturated heterocycles. The molecule has 2 heterocycles. The van der Waals surface area contributed by atoms with Crippen molar-refractivity contribution in [3.63, 3.8) is 0 Å². The number of amides is 3. The first-order chi connectivity index (χ1) is 22.9. The molecule has 8 heteroatoms. The van der Waals surface area contributed by atoms with Crippen LogP contribution < -0.4 is 16.0 Å². The number of urea groups is 1. The van der Waals surface area contributed by atoms with Gasteiger partial charge in [-0.25, -0.2) is 4.79 Å². The Balaban J connectivity index is 0.991. The van der Waals surface area contributed by atoms with Crippen molar-refractivity contribution in [2.24, 2.45) is 23.2 Å². The van der Waals surface area contributed by atoms with Gasteiger partial charge in [0.15, 0.2) is 0 Å². The maximum Gasteiger partial charge on any atom is 0.315 e. The molecule has 0 aromatic rings. The van der Waals surface area contributed by atoms with E-state index in [1.807, 2.05) is 25.6 Å². The van der Waals surface area contributed by atoms with Gasteiger partial charge >= 0.3 is 6.03 Å². The van der Waals surface area contributed by atoms with Gasteiger partial charge in [0, 0.05) is 30.6 Å². The van der Waals surface area contributed by atoms with Gasteiger partial charge in [-0.3, -0.25) is 4.79 Å². The number of ether oxygens (including phenoxy) is 1. The van der Waals surface area contributed by atoms with Crippen LogP contribution >= 0.6 is 11.8 Å². The fourth-order valence-electron chi connectivity index (χ4n) is 9.71. The quantitative estimate of drug-likeness (QED) is 0.0977. The monoisotopic (exact) mass is 683 g/mol. The third-order valence-electron chi connectivity index (χ3n) is 12.4. The second-order valence-corrected chi connectivity index (χ2v) is 17.9. The molecule has 2 aliphatic heterocycles. The lowest BCUT2D eigenvalue weighted by molar-refractivity contribution is -0.121. The van der Waals surface area contributed by atoms with E-state index in [-0.39, 0.29) is 30.1 Å². The summed E-state index contributed by atoms with van der Waals surface area (Å²) in [5, 5.41) is 19.7. The van der Waals surface area contributed by atoms with Crippen LogP contribution in [0.2, 0.25) is 0 Å². The maximum absolute atomic E-state index is 12.4. The Morgan fingerprint density at radius 1 is 1.17 bits per heavy atom. The molecule has 0 aromatic carbocycles. The molecule has 7 nitrogen and oxygen atoms in total. The topological polar surface area (TPSA) is 99.7 Å². The normalized spacial score (nSPS) is 34.2. The number of thioether (sulfide) groups is 1. The zero-order valence-corrected chi connectivity index (χ0v) is 31.2. The summed E-state index contributed by atoms with van der Waals surface area (Å²) in [4.78, 5) is 23.9. The predicted molar refractivity (Wildman–Crippen MR) is 198 cm³/mol. The van der Waals surface area contributed by atoms with Crippen molar-refractivity contribution in [2.75, 3.05) is 18.9 Å². The minimum absolute atomic E-state index is 0.0385. The minimum Gasteiger partial charge on any atom is -0.390 e. The van der Waals surface area contributed by atoms with Gasteiger partial charge in [0.2, 0.25) is 5.91 Å². The van der Waals surface area contributed by atoms with Crippen LogP contribution in [0.4, 0.5) is 4.79 Å². The van der Waals surface area contributed by atoms with Crippen molar-refractivity contribution >= 4 is 23.7 Å². The summed E-state index contributed by atoms with van der Waals surface area (Å²) < 4.78 is 6.30. The first-order valence-corrected chi connectivity index (χ1v) is 20.3. The Morgan fingerprint density at radius 2 is 2.00 bits per heavy atom. The number of rotatable bonds is 16. The Labute approximate surface area is 295 Å². The smallest absolute Gasteiger partial charge is 0.315 e. The second kappa shape index (κ2) is 17.0. The summed E-state index contributed by atoms with van der Waals surface area (Å²) in [5.41, 5.74) is 4.11. The molecule has 0 aromatic heterocycles. The molecule has 5 rings (SSSR count). The van der Waals surface area contributed by atoms with Gasteiger partial charge in [-0.2, -0.15) is 11.8 Å². The van der Waals surface area contributed by atoms with Crippen LogP contribution in [0.15, 0.2) is 35.5 Å². The van der Waals surface area contributed by atoms with Gasteiger partial charge in [0.1, 0.15) is 0 Å². The van der Waals surface area contributed by atoms with Crippen LogP contribution in [0.3, 0.4) is 0 Å². The molecule has 3 amide bonds. The summed E-state index contributed by atoms with van der Waals surface area (Å²) >= 11 is 1.93. The van der Waals surface area contributed by atoms with E-state index >= 15 is 0 Å². The van der Waals surface area contributed by atoms with E-state index < -0.39 is 5.60 Å². The molecular weight excluding hydrogens is 619 g/mol. The molecule has 48 heavy (non-hydrogen) atoms. The van der Waals surface area contributed by atoms with Crippen LogP contribution in [0.1, 0.15) is 130 Å². The number of carbonyl (C=O) groups excluding carboxylic acids is 2. The van der Waals surface area contributed by atoms with Gasteiger partial charge in [-0.05, 0) is 120 Å². The lowest BCUT2D eigenvalue weighted by Crippen LogP contribution is -2.36. The highest BCUT2D eigenvalue weighted by Gasteiger charge is 2.50. The van der Waals surface area contributed by atoms with E-state index in [2.05, 4.69) is 48.5 Å². The van der Waals surface area contributed by atoms with Gasteiger partial charge in [-0.15, -0.1) is 0 Å². The first kappa shape index (κ1) is 37.5. The van der Waals surface area contributed by atoms with E-state index in [0.29, 0.717) is 42.1 Å². The predicted octanol–water partition coefficient (Wildman–Crippen LogP) is 7.99. The van der Waals surface area contributed by atoms with Crippen molar-refractivity contribution in [1.29, 1.82) is 0 Å². The van der Waals surface area contributed by atoms with Crippen LogP contribution in [0, 0.1) is 23.2 Å². The van der Waals surface area contributed by atoms with Crippen LogP contribution in [-0.4, -0.2) is 65.0 Å². The van der Waals surface area contributed by atoms with Crippen molar-refractivity contribution in [1.82, 2.24) is 16.0 Å². The molecule has 0 spiro atoms. The Hall–Kier alpha value is -1.77. The summed E-state index contributed by atoms with van der Waals surface area (Å²) in [6.45, 7) is 14.7. The Kier molecular flexibility index (Phi) is 13.2. The van der Waals surface area contributed by atoms with Gasteiger partial charge in [0.05, 0.1) is 23.8 Å². The highest BCUT2D eigenvalue weighted by Crippen LogP contribution is 2.60. The number of nitrogens with one attached hydrogen (secondary N) is 3. The molecule has 0 radical (unpaired) electrons. The summed E-state index contributed by atoms with van der Waals surface area (Å²) in [6.07, 6.45) is 22.1. The number of unbranched alkanes of at least 4 members (excludes halogenated alkanes) is 1. The summed E-state index contributed by atoms with van der Waals surface area (Å²) in [7, 11) is 0. The minimum atomic E-state index is -0.558. The van der Waals surface area contributed by atoms with E-state index in [1.165, 1.54) is 49.7 Å². The SMILES string of the molecule is C=C1CC[C@H](OCCCNC(=O)CCCC[C@@H]2SC[C@H]3NC(=O)N[C@H]23)C/C1=C/C=C1CCC[C@]2(C)[C@@H]([C@H](C)CCCC(C)(C)O)CC[C@@H]12. The number of hydrogen-bond donors (Lipinski definition) is 4.